The molecule has 0 bridgehead atoms. The molecule has 0 saturated heterocycles. The van der Waals surface area contributed by atoms with Gasteiger partial charge < -0.3 is 4.48 Å². The summed E-state index contributed by atoms with van der Waals surface area (Å²) >= 11 is 0. The van der Waals surface area contributed by atoms with E-state index in [2.05, 4.69) is 34.6 Å². The van der Waals surface area contributed by atoms with E-state index in [0.29, 0.717) is 6.42 Å². The van der Waals surface area contributed by atoms with Gasteiger partial charge in [0.2, 0.25) is 0 Å². The first-order chi connectivity index (χ1) is 11.3. The van der Waals surface area contributed by atoms with Crippen LogP contribution >= 0.6 is 0 Å². The van der Waals surface area contributed by atoms with E-state index < -0.39 is 10.1 Å². The van der Waals surface area contributed by atoms with Crippen LogP contribution in [0.5, 0.6) is 0 Å². The topological polar surface area (TPSA) is 54.4 Å². The monoisotopic (exact) mass is 366 g/mol. The van der Waals surface area contributed by atoms with Crippen LogP contribution in [0.15, 0.2) is 0 Å². The lowest BCUT2D eigenvalue weighted by molar-refractivity contribution is -0.921. The summed E-state index contributed by atoms with van der Waals surface area (Å²) in [4.78, 5) is 0. The van der Waals surface area contributed by atoms with Crippen LogP contribution in [0.2, 0.25) is 0 Å². The standard InChI is InChI=1S/C11H24O3S.C8H20N/c1-2-3-4-5-6-7-8-9-10-11-15(12,13)14;1-5-9(6-2,7-3)8-4/h2-11H2,1H3,(H,12,13,14);5-8H2,1-4H3/q;+1. The van der Waals surface area contributed by atoms with E-state index in [1.807, 2.05) is 0 Å². The summed E-state index contributed by atoms with van der Waals surface area (Å²) < 4.78 is 30.6. The Labute approximate surface area is 152 Å². The average molecular weight is 367 g/mol. The summed E-state index contributed by atoms with van der Waals surface area (Å²) in [5, 5.41) is 0. The largest absolute Gasteiger partial charge is 0.325 e. The van der Waals surface area contributed by atoms with Gasteiger partial charge in [0, 0.05) is 0 Å². The van der Waals surface area contributed by atoms with Gasteiger partial charge in [-0.1, -0.05) is 58.3 Å². The molecule has 0 saturated carbocycles. The van der Waals surface area contributed by atoms with Crippen LogP contribution in [0.25, 0.3) is 0 Å². The zero-order valence-electron chi connectivity index (χ0n) is 17.0. The Morgan fingerprint density at radius 3 is 1.21 bits per heavy atom. The number of hydrogen-bond acceptors (Lipinski definition) is 2. The Morgan fingerprint density at radius 2 is 0.958 bits per heavy atom. The SMILES string of the molecule is CCCCCCCCCCCS(=O)(=O)O.CC[N+](CC)(CC)CC. The fourth-order valence-electron chi connectivity index (χ4n) is 2.94. The van der Waals surface area contributed by atoms with Gasteiger partial charge in [0.1, 0.15) is 0 Å². The molecule has 0 aromatic rings. The second-order valence-electron chi connectivity index (χ2n) is 6.72. The predicted octanol–water partition coefficient (Wildman–Crippen LogP) is 5.29. The van der Waals surface area contributed by atoms with Gasteiger partial charge in [0.15, 0.2) is 0 Å². The third-order valence-electron chi connectivity index (χ3n) is 5.19. The third-order valence-corrected chi connectivity index (χ3v) is 5.99. The number of rotatable bonds is 14. The van der Waals surface area contributed by atoms with Crippen molar-refractivity contribution >= 4 is 10.1 Å². The van der Waals surface area contributed by atoms with Crippen molar-refractivity contribution in [3.8, 4) is 0 Å². The average Bonchev–Trinajstić information content (AvgIpc) is 2.56. The van der Waals surface area contributed by atoms with Gasteiger partial charge in [-0.05, 0) is 34.1 Å². The summed E-state index contributed by atoms with van der Waals surface area (Å²) in [6.45, 7) is 16.4. The van der Waals surface area contributed by atoms with Crippen LogP contribution < -0.4 is 0 Å². The third kappa shape index (κ3) is 16.7. The highest BCUT2D eigenvalue weighted by molar-refractivity contribution is 7.85. The van der Waals surface area contributed by atoms with Crippen molar-refractivity contribution in [3.05, 3.63) is 0 Å². The van der Waals surface area contributed by atoms with Crippen molar-refractivity contribution in [3.63, 3.8) is 0 Å². The smallest absolute Gasteiger partial charge is 0.264 e. The summed E-state index contributed by atoms with van der Waals surface area (Å²) in [5.41, 5.74) is 0. The van der Waals surface area contributed by atoms with Crippen molar-refractivity contribution in [2.24, 2.45) is 0 Å². The molecule has 0 aliphatic carbocycles. The number of hydrogen-bond donors (Lipinski definition) is 1. The van der Waals surface area contributed by atoms with E-state index in [1.54, 1.807) is 0 Å². The minimum atomic E-state index is -3.73. The zero-order chi connectivity index (χ0) is 18.9. The van der Waals surface area contributed by atoms with Gasteiger partial charge in [-0.2, -0.15) is 8.42 Å². The van der Waals surface area contributed by atoms with Crippen LogP contribution in [-0.2, 0) is 10.1 Å². The quantitative estimate of drug-likeness (QED) is 0.258. The van der Waals surface area contributed by atoms with Crippen molar-refractivity contribution in [1.29, 1.82) is 0 Å². The fraction of sp³-hybridized carbons (Fsp3) is 1.00. The Kier molecular flexibility index (Phi) is 17.8. The van der Waals surface area contributed by atoms with Crippen molar-refractivity contribution in [1.82, 2.24) is 0 Å². The molecule has 0 aromatic heterocycles. The lowest BCUT2D eigenvalue weighted by Gasteiger charge is -2.34. The molecule has 148 valence electrons. The molecule has 24 heavy (non-hydrogen) atoms. The number of unbranched alkanes of at least 4 members (excludes halogenated alkanes) is 8. The highest BCUT2D eigenvalue weighted by Gasteiger charge is 2.16. The molecule has 0 rings (SSSR count). The first-order valence-corrected chi connectivity index (χ1v) is 11.7. The van der Waals surface area contributed by atoms with Crippen LogP contribution in [0, 0.1) is 0 Å². The normalized spacial score (nSPS) is 11.9. The summed E-state index contributed by atoms with van der Waals surface area (Å²) in [6, 6.07) is 0. The summed E-state index contributed by atoms with van der Waals surface area (Å²) in [5.74, 6) is -0.0805. The maximum atomic E-state index is 10.4. The van der Waals surface area contributed by atoms with Gasteiger partial charge in [0.25, 0.3) is 10.1 Å². The first-order valence-electron chi connectivity index (χ1n) is 10.1. The van der Waals surface area contributed by atoms with Crippen LogP contribution in [0.3, 0.4) is 0 Å². The molecule has 0 amide bonds. The molecular formula is C19H44NO3S+. The fourth-order valence-corrected chi connectivity index (χ4v) is 3.51. The van der Waals surface area contributed by atoms with Crippen LogP contribution in [0.4, 0.5) is 0 Å². The van der Waals surface area contributed by atoms with Gasteiger partial charge >= 0.3 is 0 Å². The van der Waals surface area contributed by atoms with Gasteiger partial charge in [-0.3, -0.25) is 4.55 Å². The Morgan fingerprint density at radius 1 is 0.625 bits per heavy atom. The maximum Gasteiger partial charge on any atom is 0.264 e. The van der Waals surface area contributed by atoms with E-state index in [9.17, 15) is 8.42 Å². The van der Waals surface area contributed by atoms with E-state index in [1.165, 1.54) is 69.2 Å². The molecule has 0 aliphatic heterocycles. The number of quaternary nitrogens is 1. The molecule has 0 atom stereocenters. The lowest BCUT2D eigenvalue weighted by atomic mass is 10.1. The zero-order valence-corrected chi connectivity index (χ0v) is 17.8. The molecule has 0 heterocycles. The van der Waals surface area contributed by atoms with Gasteiger partial charge in [-0.15, -0.1) is 0 Å². The highest BCUT2D eigenvalue weighted by Crippen LogP contribution is 2.09. The minimum absolute atomic E-state index is 0.0805. The molecule has 5 heteroatoms. The molecule has 0 aliphatic rings. The molecule has 0 radical (unpaired) electrons. The first kappa shape index (κ1) is 26.1. The molecule has 0 spiro atoms. The predicted molar refractivity (Wildman–Crippen MR) is 106 cm³/mol. The Hall–Kier alpha value is -0.130. The van der Waals surface area contributed by atoms with Crippen LogP contribution in [-0.4, -0.2) is 49.4 Å². The van der Waals surface area contributed by atoms with Crippen molar-refractivity contribution < 1.29 is 17.5 Å². The Balaban J connectivity index is 0. The highest BCUT2D eigenvalue weighted by atomic mass is 32.2. The van der Waals surface area contributed by atoms with Gasteiger partial charge in [0.05, 0.1) is 31.9 Å². The summed E-state index contributed by atoms with van der Waals surface area (Å²) in [7, 11) is -3.73. The van der Waals surface area contributed by atoms with Crippen molar-refractivity contribution in [2.45, 2.75) is 92.4 Å². The lowest BCUT2D eigenvalue weighted by Crippen LogP contribution is -2.47. The second kappa shape index (κ2) is 16.3. The van der Waals surface area contributed by atoms with E-state index in [0.717, 1.165) is 12.8 Å². The summed E-state index contributed by atoms with van der Waals surface area (Å²) in [6.07, 6.45) is 10.2. The molecule has 0 unspecified atom stereocenters. The minimum Gasteiger partial charge on any atom is -0.325 e. The van der Waals surface area contributed by atoms with Crippen LogP contribution in [0.1, 0.15) is 92.4 Å². The van der Waals surface area contributed by atoms with Crippen molar-refractivity contribution in [2.75, 3.05) is 31.9 Å². The van der Waals surface area contributed by atoms with E-state index in [-0.39, 0.29) is 5.75 Å². The molecule has 0 fully saturated rings. The second-order valence-corrected chi connectivity index (χ2v) is 8.29. The maximum absolute atomic E-state index is 10.4. The molecule has 4 nitrogen and oxygen atoms in total. The molecule has 0 aromatic carbocycles. The van der Waals surface area contributed by atoms with E-state index in [4.69, 9.17) is 4.55 Å². The van der Waals surface area contributed by atoms with E-state index >= 15 is 0 Å². The Bertz CT molecular complexity index is 334. The molecule has 1 N–H and O–H groups in total. The van der Waals surface area contributed by atoms with Gasteiger partial charge in [-0.25, -0.2) is 0 Å². The number of nitrogens with zero attached hydrogens (tertiary/aromatic N) is 1. The molecular weight excluding hydrogens is 322 g/mol.